The van der Waals surface area contributed by atoms with Crippen molar-refractivity contribution >= 4 is 0 Å². The van der Waals surface area contributed by atoms with Crippen molar-refractivity contribution in [2.45, 2.75) is 19.8 Å². The van der Waals surface area contributed by atoms with Gasteiger partial charge < -0.3 is 5.32 Å². The molecule has 0 bridgehead atoms. The smallest absolute Gasteiger partial charge is 0.0346 e. The van der Waals surface area contributed by atoms with Gasteiger partial charge in [-0.15, -0.1) is 0 Å². The van der Waals surface area contributed by atoms with Crippen LogP contribution >= 0.6 is 0 Å². The zero-order chi connectivity index (χ0) is 12.6. The lowest BCUT2D eigenvalue weighted by molar-refractivity contribution is 0.671. The van der Waals surface area contributed by atoms with Crippen molar-refractivity contribution in [3.8, 4) is 11.1 Å². The SMILES string of the molecule is CCCNCCc1cccc(-c2cccnc2)c1. The summed E-state index contributed by atoms with van der Waals surface area (Å²) in [6.45, 7) is 4.34. The highest BCUT2D eigenvalue weighted by Gasteiger charge is 1.99. The van der Waals surface area contributed by atoms with Crippen molar-refractivity contribution in [2.75, 3.05) is 13.1 Å². The lowest BCUT2D eigenvalue weighted by atomic mass is 10.0. The molecule has 2 heteroatoms. The molecule has 0 aliphatic rings. The van der Waals surface area contributed by atoms with Crippen LogP contribution in [0.5, 0.6) is 0 Å². The summed E-state index contributed by atoms with van der Waals surface area (Å²) in [5.41, 5.74) is 3.80. The van der Waals surface area contributed by atoms with E-state index in [1.807, 2.05) is 18.5 Å². The Morgan fingerprint density at radius 1 is 1.06 bits per heavy atom. The number of rotatable bonds is 6. The van der Waals surface area contributed by atoms with E-state index in [1.165, 1.54) is 23.1 Å². The van der Waals surface area contributed by atoms with Crippen molar-refractivity contribution in [2.24, 2.45) is 0 Å². The molecule has 2 nitrogen and oxygen atoms in total. The molecule has 0 spiro atoms. The predicted octanol–water partition coefficient (Wildman–Crippen LogP) is 3.29. The third-order valence-corrected chi connectivity index (χ3v) is 2.94. The molecule has 18 heavy (non-hydrogen) atoms. The molecule has 0 aliphatic carbocycles. The average Bonchev–Trinajstić information content (AvgIpc) is 2.45. The van der Waals surface area contributed by atoms with Gasteiger partial charge in [-0.05, 0) is 48.7 Å². The minimum Gasteiger partial charge on any atom is -0.316 e. The quantitative estimate of drug-likeness (QED) is 0.784. The Kier molecular flexibility index (Phi) is 4.91. The molecular formula is C16H20N2. The molecule has 1 N–H and O–H groups in total. The van der Waals surface area contributed by atoms with E-state index >= 15 is 0 Å². The highest BCUT2D eigenvalue weighted by Crippen LogP contribution is 2.19. The summed E-state index contributed by atoms with van der Waals surface area (Å²) < 4.78 is 0. The molecule has 0 fully saturated rings. The summed E-state index contributed by atoms with van der Waals surface area (Å²) in [4.78, 5) is 4.16. The Labute approximate surface area is 109 Å². The first kappa shape index (κ1) is 12.8. The number of hydrogen-bond donors (Lipinski definition) is 1. The van der Waals surface area contributed by atoms with Crippen molar-refractivity contribution in [1.29, 1.82) is 0 Å². The molecule has 0 aliphatic heterocycles. The maximum absolute atomic E-state index is 4.16. The Hall–Kier alpha value is -1.67. The fourth-order valence-corrected chi connectivity index (χ4v) is 1.97. The number of nitrogens with zero attached hydrogens (tertiary/aromatic N) is 1. The van der Waals surface area contributed by atoms with E-state index in [2.05, 4.69) is 47.6 Å². The Bertz CT molecular complexity index is 466. The van der Waals surface area contributed by atoms with Crippen molar-refractivity contribution in [3.63, 3.8) is 0 Å². The summed E-state index contributed by atoms with van der Waals surface area (Å²) in [7, 11) is 0. The average molecular weight is 240 g/mol. The molecular weight excluding hydrogens is 220 g/mol. The van der Waals surface area contributed by atoms with Gasteiger partial charge >= 0.3 is 0 Å². The fourth-order valence-electron chi connectivity index (χ4n) is 1.97. The number of pyridine rings is 1. The third-order valence-electron chi connectivity index (χ3n) is 2.94. The zero-order valence-electron chi connectivity index (χ0n) is 10.9. The molecule has 2 rings (SSSR count). The number of aromatic nitrogens is 1. The van der Waals surface area contributed by atoms with E-state index in [4.69, 9.17) is 0 Å². The predicted molar refractivity (Wildman–Crippen MR) is 76.5 cm³/mol. The van der Waals surface area contributed by atoms with Crippen LogP contribution in [0.4, 0.5) is 0 Å². The van der Waals surface area contributed by atoms with Gasteiger partial charge in [0.2, 0.25) is 0 Å². The second-order valence-corrected chi connectivity index (χ2v) is 4.44. The maximum Gasteiger partial charge on any atom is 0.0346 e. The molecule has 1 aromatic carbocycles. The molecule has 0 atom stereocenters. The molecule has 0 unspecified atom stereocenters. The molecule has 94 valence electrons. The van der Waals surface area contributed by atoms with Gasteiger partial charge in [0, 0.05) is 12.4 Å². The van der Waals surface area contributed by atoms with Crippen LogP contribution in [0.25, 0.3) is 11.1 Å². The second kappa shape index (κ2) is 6.92. The zero-order valence-corrected chi connectivity index (χ0v) is 10.9. The van der Waals surface area contributed by atoms with Crippen LogP contribution in [-0.2, 0) is 6.42 Å². The lowest BCUT2D eigenvalue weighted by Gasteiger charge is -2.06. The van der Waals surface area contributed by atoms with Gasteiger partial charge in [-0.2, -0.15) is 0 Å². The Morgan fingerprint density at radius 3 is 2.72 bits per heavy atom. The van der Waals surface area contributed by atoms with Crippen molar-refractivity contribution < 1.29 is 0 Å². The van der Waals surface area contributed by atoms with E-state index in [9.17, 15) is 0 Å². The van der Waals surface area contributed by atoms with E-state index in [1.54, 1.807) is 0 Å². The van der Waals surface area contributed by atoms with E-state index < -0.39 is 0 Å². The standard InChI is InChI=1S/C16H20N2/c1-2-9-17-11-8-14-5-3-6-15(12-14)16-7-4-10-18-13-16/h3-7,10,12-13,17H,2,8-9,11H2,1H3. The highest BCUT2D eigenvalue weighted by molar-refractivity contribution is 5.62. The van der Waals surface area contributed by atoms with Gasteiger partial charge in [-0.1, -0.05) is 37.3 Å². The normalized spacial score (nSPS) is 10.5. The largest absolute Gasteiger partial charge is 0.316 e. The van der Waals surface area contributed by atoms with Gasteiger partial charge in [-0.25, -0.2) is 0 Å². The summed E-state index contributed by atoms with van der Waals surface area (Å²) in [5, 5.41) is 3.43. The Morgan fingerprint density at radius 2 is 1.94 bits per heavy atom. The van der Waals surface area contributed by atoms with E-state index in [-0.39, 0.29) is 0 Å². The molecule has 2 aromatic rings. The molecule has 1 heterocycles. The topological polar surface area (TPSA) is 24.9 Å². The van der Waals surface area contributed by atoms with Crippen LogP contribution in [0.15, 0.2) is 48.8 Å². The first-order chi connectivity index (χ1) is 8.90. The van der Waals surface area contributed by atoms with Crippen molar-refractivity contribution in [1.82, 2.24) is 10.3 Å². The van der Waals surface area contributed by atoms with Crippen LogP contribution in [0.2, 0.25) is 0 Å². The van der Waals surface area contributed by atoms with Crippen LogP contribution < -0.4 is 5.32 Å². The third kappa shape index (κ3) is 3.67. The van der Waals surface area contributed by atoms with Gasteiger partial charge in [-0.3, -0.25) is 4.98 Å². The molecule has 0 saturated heterocycles. The van der Waals surface area contributed by atoms with Crippen LogP contribution in [0.1, 0.15) is 18.9 Å². The van der Waals surface area contributed by atoms with E-state index in [0.717, 1.165) is 19.5 Å². The first-order valence-electron chi connectivity index (χ1n) is 6.60. The van der Waals surface area contributed by atoms with Crippen LogP contribution in [-0.4, -0.2) is 18.1 Å². The fraction of sp³-hybridized carbons (Fsp3) is 0.312. The second-order valence-electron chi connectivity index (χ2n) is 4.44. The van der Waals surface area contributed by atoms with E-state index in [0.29, 0.717) is 0 Å². The summed E-state index contributed by atoms with van der Waals surface area (Å²) in [6.07, 6.45) is 5.99. The minimum absolute atomic E-state index is 1.05. The van der Waals surface area contributed by atoms with Gasteiger partial charge in [0.15, 0.2) is 0 Å². The summed E-state index contributed by atoms with van der Waals surface area (Å²) in [5.74, 6) is 0. The van der Waals surface area contributed by atoms with Crippen molar-refractivity contribution in [3.05, 3.63) is 54.4 Å². The van der Waals surface area contributed by atoms with Gasteiger partial charge in [0.05, 0.1) is 0 Å². The highest BCUT2D eigenvalue weighted by atomic mass is 14.8. The summed E-state index contributed by atoms with van der Waals surface area (Å²) in [6, 6.07) is 12.8. The first-order valence-corrected chi connectivity index (χ1v) is 6.60. The molecule has 0 amide bonds. The molecule has 1 aromatic heterocycles. The molecule has 0 radical (unpaired) electrons. The van der Waals surface area contributed by atoms with Gasteiger partial charge in [0.1, 0.15) is 0 Å². The Balaban J connectivity index is 2.02. The number of benzene rings is 1. The number of hydrogen-bond acceptors (Lipinski definition) is 2. The minimum atomic E-state index is 1.05. The van der Waals surface area contributed by atoms with Crippen LogP contribution in [0.3, 0.4) is 0 Å². The molecule has 0 saturated carbocycles. The number of nitrogens with one attached hydrogen (secondary N) is 1. The van der Waals surface area contributed by atoms with Crippen LogP contribution in [0, 0.1) is 0 Å². The monoisotopic (exact) mass is 240 g/mol. The van der Waals surface area contributed by atoms with Gasteiger partial charge in [0.25, 0.3) is 0 Å². The summed E-state index contributed by atoms with van der Waals surface area (Å²) >= 11 is 0. The maximum atomic E-state index is 4.16. The lowest BCUT2D eigenvalue weighted by Crippen LogP contribution is -2.17.